The van der Waals surface area contributed by atoms with Crippen LogP contribution in [0.2, 0.25) is 5.28 Å². The molecule has 21 heavy (non-hydrogen) atoms. The maximum absolute atomic E-state index is 11.2. The summed E-state index contributed by atoms with van der Waals surface area (Å²) in [5, 5.41) is 11.2. The third kappa shape index (κ3) is 3.28. The molecule has 0 aliphatic carbocycles. The molecular formula is C14H15ClN4O2. The van der Waals surface area contributed by atoms with E-state index < -0.39 is 4.92 Å². The average molecular weight is 307 g/mol. The first-order chi connectivity index (χ1) is 9.90. The molecule has 110 valence electrons. The minimum absolute atomic E-state index is 0.00438. The molecule has 0 spiro atoms. The van der Waals surface area contributed by atoms with Crippen LogP contribution in [-0.4, -0.2) is 21.9 Å². The lowest BCUT2D eigenvalue weighted by atomic mass is 10.1. The molecule has 0 saturated heterocycles. The van der Waals surface area contributed by atoms with E-state index in [2.05, 4.69) is 9.97 Å². The van der Waals surface area contributed by atoms with Crippen LogP contribution >= 0.6 is 11.6 Å². The van der Waals surface area contributed by atoms with Crippen LogP contribution in [0.3, 0.4) is 0 Å². The van der Waals surface area contributed by atoms with E-state index in [1.807, 2.05) is 31.2 Å². The molecule has 0 amide bonds. The molecule has 0 aliphatic rings. The van der Waals surface area contributed by atoms with Gasteiger partial charge in [0.2, 0.25) is 11.1 Å². The lowest BCUT2D eigenvalue weighted by Crippen LogP contribution is -2.20. The van der Waals surface area contributed by atoms with Crippen LogP contribution in [0.1, 0.15) is 16.8 Å². The third-order valence-electron chi connectivity index (χ3n) is 3.23. The summed E-state index contributed by atoms with van der Waals surface area (Å²) >= 11 is 5.83. The first kappa shape index (κ1) is 15.2. The van der Waals surface area contributed by atoms with E-state index in [4.69, 9.17) is 11.6 Å². The lowest BCUT2D eigenvalue weighted by Gasteiger charge is -2.19. The summed E-state index contributed by atoms with van der Waals surface area (Å²) in [5.41, 5.74) is 2.33. The number of aromatic nitrogens is 2. The van der Waals surface area contributed by atoms with Crippen LogP contribution in [0.15, 0.2) is 24.3 Å². The minimum Gasteiger partial charge on any atom is -0.349 e. The molecule has 0 radical (unpaired) electrons. The Bertz CT molecular complexity index is 691. The number of aryl methyl sites for hydroxylation is 2. The summed E-state index contributed by atoms with van der Waals surface area (Å²) in [4.78, 5) is 20.3. The van der Waals surface area contributed by atoms with Gasteiger partial charge in [-0.1, -0.05) is 24.3 Å². The van der Waals surface area contributed by atoms with Gasteiger partial charge in [0.1, 0.15) is 5.69 Å². The fraction of sp³-hybridized carbons (Fsp3) is 0.286. The van der Waals surface area contributed by atoms with Crippen LogP contribution < -0.4 is 4.90 Å². The van der Waals surface area contributed by atoms with E-state index in [9.17, 15) is 10.1 Å². The van der Waals surface area contributed by atoms with Crippen molar-refractivity contribution in [3.63, 3.8) is 0 Å². The van der Waals surface area contributed by atoms with Gasteiger partial charge in [-0.3, -0.25) is 10.1 Å². The molecule has 0 N–H and O–H groups in total. The van der Waals surface area contributed by atoms with Crippen molar-refractivity contribution >= 4 is 23.1 Å². The van der Waals surface area contributed by atoms with Gasteiger partial charge in [0.05, 0.1) is 4.92 Å². The van der Waals surface area contributed by atoms with Gasteiger partial charge < -0.3 is 4.90 Å². The molecule has 1 aromatic carbocycles. The van der Waals surface area contributed by atoms with E-state index in [1.54, 1.807) is 18.9 Å². The highest BCUT2D eigenvalue weighted by Gasteiger charge is 2.24. The Kier molecular flexibility index (Phi) is 4.37. The van der Waals surface area contributed by atoms with Crippen molar-refractivity contribution in [3.8, 4) is 0 Å². The van der Waals surface area contributed by atoms with Crippen LogP contribution in [0, 0.1) is 24.0 Å². The molecule has 0 bridgehead atoms. The second-order valence-electron chi connectivity index (χ2n) is 4.79. The number of anilines is 1. The lowest BCUT2D eigenvalue weighted by molar-refractivity contribution is -0.385. The summed E-state index contributed by atoms with van der Waals surface area (Å²) in [6.07, 6.45) is 0. The standard InChI is InChI=1S/C14H15ClN4O2/c1-9-6-4-5-7-11(9)8-18(3)13-12(19(20)21)10(2)16-14(15)17-13/h4-7H,8H2,1-3H3. The topological polar surface area (TPSA) is 72.2 Å². The highest BCUT2D eigenvalue weighted by molar-refractivity contribution is 6.28. The van der Waals surface area contributed by atoms with Gasteiger partial charge in [-0.05, 0) is 36.6 Å². The zero-order valence-corrected chi connectivity index (χ0v) is 12.8. The molecule has 6 nitrogen and oxygen atoms in total. The second-order valence-corrected chi connectivity index (χ2v) is 5.13. The molecule has 2 rings (SSSR count). The van der Waals surface area contributed by atoms with E-state index in [0.29, 0.717) is 6.54 Å². The number of nitrogens with zero attached hydrogens (tertiary/aromatic N) is 4. The van der Waals surface area contributed by atoms with E-state index in [-0.39, 0.29) is 22.5 Å². The Morgan fingerprint density at radius 1 is 1.29 bits per heavy atom. The predicted octanol–water partition coefficient (Wildman–Crippen LogP) is 3.29. The number of halogens is 1. The van der Waals surface area contributed by atoms with Gasteiger partial charge in [-0.2, -0.15) is 4.98 Å². The van der Waals surface area contributed by atoms with Gasteiger partial charge >= 0.3 is 5.69 Å². The third-order valence-corrected chi connectivity index (χ3v) is 3.39. The highest BCUT2D eigenvalue weighted by Crippen LogP contribution is 2.30. The molecule has 7 heteroatoms. The molecule has 0 saturated carbocycles. The van der Waals surface area contributed by atoms with Crippen molar-refractivity contribution in [1.82, 2.24) is 9.97 Å². The molecule has 1 heterocycles. The maximum atomic E-state index is 11.2. The zero-order chi connectivity index (χ0) is 15.6. The molecule has 0 atom stereocenters. The monoisotopic (exact) mass is 306 g/mol. The van der Waals surface area contributed by atoms with Crippen molar-refractivity contribution in [2.24, 2.45) is 0 Å². The Labute approximate surface area is 127 Å². The molecule has 1 aromatic heterocycles. The highest BCUT2D eigenvalue weighted by atomic mass is 35.5. The SMILES string of the molecule is Cc1ccccc1CN(C)c1nc(Cl)nc(C)c1[N+](=O)[O-]. The number of hydrogen-bond donors (Lipinski definition) is 0. The van der Waals surface area contributed by atoms with Crippen molar-refractivity contribution in [3.05, 3.63) is 56.5 Å². The van der Waals surface area contributed by atoms with E-state index >= 15 is 0 Å². The summed E-state index contributed by atoms with van der Waals surface area (Å²) in [7, 11) is 1.75. The molecular weight excluding hydrogens is 292 g/mol. The number of benzene rings is 1. The van der Waals surface area contributed by atoms with Gasteiger partial charge in [-0.25, -0.2) is 4.98 Å². The van der Waals surface area contributed by atoms with Crippen molar-refractivity contribution in [1.29, 1.82) is 0 Å². The Morgan fingerprint density at radius 2 is 1.95 bits per heavy atom. The zero-order valence-electron chi connectivity index (χ0n) is 12.0. The largest absolute Gasteiger partial charge is 0.349 e. The normalized spacial score (nSPS) is 10.5. The number of rotatable bonds is 4. The quantitative estimate of drug-likeness (QED) is 0.492. The maximum Gasteiger partial charge on any atom is 0.332 e. The average Bonchev–Trinajstić information content (AvgIpc) is 2.39. The second kappa shape index (κ2) is 6.05. The van der Waals surface area contributed by atoms with Crippen molar-refractivity contribution in [2.75, 3.05) is 11.9 Å². The molecule has 2 aromatic rings. The Morgan fingerprint density at radius 3 is 2.57 bits per heavy atom. The summed E-state index contributed by atoms with van der Waals surface area (Å²) < 4.78 is 0. The van der Waals surface area contributed by atoms with Crippen LogP contribution in [0.25, 0.3) is 0 Å². The van der Waals surface area contributed by atoms with Crippen LogP contribution in [0.4, 0.5) is 11.5 Å². The van der Waals surface area contributed by atoms with Gasteiger partial charge in [-0.15, -0.1) is 0 Å². The number of hydrogen-bond acceptors (Lipinski definition) is 5. The van der Waals surface area contributed by atoms with Crippen molar-refractivity contribution in [2.45, 2.75) is 20.4 Å². The summed E-state index contributed by atoms with van der Waals surface area (Å²) in [5.74, 6) is 0.223. The van der Waals surface area contributed by atoms with Gasteiger partial charge in [0, 0.05) is 13.6 Å². The van der Waals surface area contributed by atoms with Crippen LogP contribution in [0.5, 0.6) is 0 Å². The fourth-order valence-electron chi connectivity index (χ4n) is 2.12. The Balaban J connectivity index is 2.41. The van der Waals surface area contributed by atoms with Crippen molar-refractivity contribution < 1.29 is 4.92 Å². The summed E-state index contributed by atoms with van der Waals surface area (Å²) in [6, 6.07) is 7.86. The first-order valence-corrected chi connectivity index (χ1v) is 6.72. The summed E-state index contributed by atoms with van der Waals surface area (Å²) in [6.45, 7) is 4.05. The number of nitro groups is 1. The van der Waals surface area contributed by atoms with Gasteiger partial charge in [0.25, 0.3) is 0 Å². The smallest absolute Gasteiger partial charge is 0.332 e. The van der Waals surface area contributed by atoms with E-state index in [0.717, 1.165) is 11.1 Å². The van der Waals surface area contributed by atoms with E-state index in [1.165, 1.54) is 0 Å². The predicted molar refractivity (Wildman–Crippen MR) is 81.7 cm³/mol. The fourth-order valence-corrected chi connectivity index (χ4v) is 2.32. The Hall–Kier alpha value is -2.21. The van der Waals surface area contributed by atoms with Gasteiger partial charge in [0.15, 0.2) is 0 Å². The van der Waals surface area contributed by atoms with Crippen LogP contribution in [-0.2, 0) is 6.54 Å². The minimum atomic E-state index is -0.477. The molecule has 0 fully saturated rings. The first-order valence-electron chi connectivity index (χ1n) is 6.34. The molecule has 0 aliphatic heterocycles. The molecule has 0 unspecified atom stereocenters.